The van der Waals surface area contributed by atoms with Gasteiger partial charge < -0.3 is 14.8 Å². The Balaban J connectivity index is 2.04. The highest BCUT2D eigenvalue weighted by molar-refractivity contribution is 6.33. The van der Waals surface area contributed by atoms with Crippen LogP contribution in [-0.4, -0.2) is 19.1 Å². The predicted molar refractivity (Wildman–Crippen MR) is 102 cm³/mol. The molecule has 2 aromatic rings. The van der Waals surface area contributed by atoms with Crippen LogP contribution in [0.4, 0.5) is 18.9 Å². The molecule has 0 saturated heterocycles. The van der Waals surface area contributed by atoms with Crippen LogP contribution in [0.3, 0.4) is 0 Å². The van der Waals surface area contributed by atoms with E-state index in [1.807, 2.05) is 19.9 Å². The molecule has 8 heteroatoms. The second-order valence-electron chi connectivity index (χ2n) is 5.89. The van der Waals surface area contributed by atoms with Crippen LogP contribution in [0.2, 0.25) is 5.02 Å². The summed E-state index contributed by atoms with van der Waals surface area (Å²) < 4.78 is 49.5. The summed E-state index contributed by atoms with van der Waals surface area (Å²) in [6.07, 6.45) is -4.05. The van der Waals surface area contributed by atoms with E-state index in [1.165, 1.54) is 0 Å². The number of amides is 1. The van der Waals surface area contributed by atoms with Crippen molar-refractivity contribution in [3.05, 3.63) is 52.5 Å². The van der Waals surface area contributed by atoms with E-state index in [-0.39, 0.29) is 17.1 Å². The monoisotopic (exact) mass is 415 g/mol. The first-order valence-corrected chi connectivity index (χ1v) is 9.17. The zero-order valence-electron chi connectivity index (χ0n) is 15.5. The summed E-state index contributed by atoms with van der Waals surface area (Å²) in [6.45, 7) is 4.69. The maximum absolute atomic E-state index is 12.8. The minimum atomic E-state index is -4.51. The molecule has 0 radical (unpaired) electrons. The highest BCUT2D eigenvalue weighted by atomic mass is 35.5. The number of alkyl halides is 3. The van der Waals surface area contributed by atoms with Gasteiger partial charge in [-0.1, -0.05) is 17.7 Å². The third kappa shape index (κ3) is 6.05. The minimum Gasteiger partial charge on any atom is -0.490 e. The summed E-state index contributed by atoms with van der Waals surface area (Å²) in [4.78, 5) is 12.2. The summed E-state index contributed by atoms with van der Waals surface area (Å²) in [5.74, 6) is 0.768. The first kappa shape index (κ1) is 21.9. The quantitative estimate of drug-likeness (QED) is 0.599. The van der Waals surface area contributed by atoms with Gasteiger partial charge in [-0.2, -0.15) is 13.2 Å². The van der Waals surface area contributed by atoms with Crippen molar-refractivity contribution in [3.8, 4) is 11.5 Å². The molecule has 152 valence electrons. The summed E-state index contributed by atoms with van der Waals surface area (Å²) >= 11 is 5.90. The molecule has 1 amide bonds. The molecule has 0 saturated carbocycles. The average molecular weight is 416 g/mol. The molecule has 0 aliphatic rings. The molecule has 28 heavy (non-hydrogen) atoms. The molecule has 0 atom stereocenters. The van der Waals surface area contributed by atoms with E-state index in [0.717, 1.165) is 23.8 Å². The third-order valence-electron chi connectivity index (χ3n) is 3.82. The minimum absolute atomic E-state index is 0.0426. The lowest BCUT2D eigenvalue weighted by Gasteiger charge is -2.13. The lowest BCUT2D eigenvalue weighted by Crippen LogP contribution is -2.14. The Morgan fingerprint density at radius 2 is 1.71 bits per heavy atom. The van der Waals surface area contributed by atoms with Crippen molar-refractivity contribution in [1.29, 1.82) is 0 Å². The van der Waals surface area contributed by atoms with E-state index in [9.17, 15) is 18.0 Å². The first-order valence-electron chi connectivity index (χ1n) is 8.79. The second kappa shape index (κ2) is 9.68. The van der Waals surface area contributed by atoms with Crippen LogP contribution in [0.5, 0.6) is 11.5 Å². The Hall–Kier alpha value is -2.41. The normalized spacial score (nSPS) is 11.2. The van der Waals surface area contributed by atoms with Gasteiger partial charge in [-0.25, -0.2) is 0 Å². The summed E-state index contributed by atoms with van der Waals surface area (Å²) in [5, 5.41) is 2.48. The lowest BCUT2D eigenvalue weighted by molar-refractivity contribution is -0.137. The fraction of sp³-hybridized carbons (Fsp3) is 0.350. The van der Waals surface area contributed by atoms with Crippen LogP contribution in [0.15, 0.2) is 36.4 Å². The SMILES string of the molecule is CCOc1ccc(CCC(=O)Nc2cc(C(F)(F)F)ccc2Cl)cc1OCC. The van der Waals surface area contributed by atoms with Crippen molar-refractivity contribution < 1.29 is 27.4 Å². The van der Waals surface area contributed by atoms with Crippen molar-refractivity contribution in [1.82, 2.24) is 0 Å². The molecule has 0 bridgehead atoms. The second-order valence-corrected chi connectivity index (χ2v) is 6.29. The van der Waals surface area contributed by atoms with Crippen molar-refractivity contribution in [2.45, 2.75) is 32.9 Å². The molecule has 0 aliphatic carbocycles. The van der Waals surface area contributed by atoms with Crippen molar-refractivity contribution in [2.24, 2.45) is 0 Å². The van der Waals surface area contributed by atoms with Gasteiger partial charge in [0.25, 0.3) is 0 Å². The molecule has 2 rings (SSSR count). The smallest absolute Gasteiger partial charge is 0.416 e. The van der Waals surface area contributed by atoms with E-state index < -0.39 is 17.6 Å². The van der Waals surface area contributed by atoms with Crippen LogP contribution >= 0.6 is 11.6 Å². The number of benzene rings is 2. The highest BCUT2D eigenvalue weighted by Gasteiger charge is 2.31. The van der Waals surface area contributed by atoms with Gasteiger partial charge in [0.2, 0.25) is 5.91 Å². The maximum atomic E-state index is 12.8. The van der Waals surface area contributed by atoms with Crippen LogP contribution in [-0.2, 0) is 17.4 Å². The predicted octanol–water partition coefficient (Wildman–Crippen LogP) is 5.73. The standard InChI is InChI=1S/C20H21ClF3NO3/c1-3-27-17-9-5-13(11-18(17)28-4-2)6-10-19(26)25-16-12-14(20(22,23)24)7-8-15(16)21/h5,7-9,11-12H,3-4,6,10H2,1-2H3,(H,25,26). The van der Waals surface area contributed by atoms with Crippen molar-refractivity contribution >= 4 is 23.2 Å². The maximum Gasteiger partial charge on any atom is 0.416 e. The van der Waals surface area contributed by atoms with Crippen LogP contribution in [0.1, 0.15) is 31.4 Å². The van der Waals surface area contributed by atoms with Crippen molar-refractivity contribution in [2.75, 3.05) is 18.5 Å². The van der Waals surface area contributed by atoms with Gasteiger partial charge in [0.15, 0.2) is 11.5 Å². The van der Waals surface area contributed by atoms with E-state index in [0.29, 0.717) is 31.1 Å². The van der Waals surface area contributed by atoms with Gasteiger partial charge in [-0.3, -0.25) is 4.79 Å². The van der Waals surface area contributed by atoms with Gasteiger partial charge in [0.05, 0.1) is 29.5 Å². The molecule has 0 aromatic heterocycles. The first-order chi connectivity index (χ1) is 13.2. The largest absolute Gasteiger partial charge is 0.490 e. The molecule has 0 fully saturated rings. The number of ether oxygens (including phenoxy) is 2. The summed E-state index contributed by atoms with van der Waals surface area (Å²) in [7, 11) is 0. The molecule has 2 aromatic carbocycles. The van der Waals surface area contributed by atoms with E-state index in [4.69, 9.17) is 21.1 Å². The molecule has 0 unspecified atom stereocenters. The molecule has 4 nitrogen and oxygen atoms in total. The molecule has 0 heterocycles. The Bertz CT molecular complexity index is 825. The Morgan fingerprint density at radius 1 is 1.04 bits per heavy atom. The number of hydrogen-bond acceptors (Lipinski definition) is 3. The number of aryl methyl sites for hydroxylation is 1. The van der Waals surface area contributed by atoms with Gasteiger partial charge in [0.1, 0.15) is 0 Å². The number of anilines is 1. The fourth-order valence-electron chi connectivity index (χ4n) is 2.52. The Kier molecular flexibility index (Phi) is 7.57. The zero-order valence-corrected chi connectivity index (χ0v) is 16.3. The van der Waals surface area contributed by atoms with E-state index in [1.54, 1.807) is 12.1 Å². The van der Waals surface area contributed by atoms with Crippen molar-refractivity contribution in [3.63, 3.8) is 0 Å². The summed E-state index contributed by atoms with van der Waals surface area (Å²) in [5.41, 5.74) is -0.0968. The van der Waals surface area contributed by atoms with Gasteiger partial charge in [-0.15, -0.1) is 0 Å². The van der Waals surface area contributed by atoms with Gasteiger partial charge in [-0.05, 0) is 56.2 Å². The number of rotatable bonds is 8. The van der Waals surface area contributed by atoms with E-state index >= 15 is 0 Å². The van der Waals surface area contributed by atoms with Gasteiger partial charge >= 0.3 is 6.18 Å². The number of carbonyl (C=O) groups excluding carboxylic acids is 1. The lowest BCUT2D eigenvalue weighted by atomic mass is 10.1. The molecule has 0 aliphatic heterocycles. The highest BCUT2D eigenvalue weighted by Crippen LogP contribution is 2.34. The van der Waals surface area contributed by atoms with Crippen LogP contribution < -0.4 is 14.8 Å². The van der Waals surface area contributed by atoms with Crippen LogP contribution in [0, 0.1) is 0 Å². The summed E-state index contributed by atoms with van der Waals surface area (Å²) in [6, 6.07) is 8.18. The fourth-order valence-corrected chi connectivity index (χ4v) is 2.68. The number of halogens is 4. The van der Waals surface area contributed by atoms with Crippen LogP contribution in [0.25, 0.3) is 0 Å². The van der Waals surface area contributed by atoms with E-state index in [2.05, 4.69) is 5.32 Å². The Labute approximate surface area is 166 Å². The molecular weight excluding hydrogens is 395 g/mol. The zero-order chi connectivity index (χ0) is 20.7. The third-order valence-corrected chi connectivity index (χ3v) is 4.15. The number of hydrogen-bond donors (Lipinski definition) is 1. The topological polar surface area (TPSA) is 47.6 Å². The Morgan fingerprint density at radius 3 is 2.36 bits per heavy atom. The average Bonchev–Trinajstić information content (AvgIpc) is 2.63. The molecular formula is C20H21ClF3NO3. The van der Waals surface area contributed by atoms with Gasteiger partial charge in [0, 0.05) is 6.42 Å². The molecule has 1 N–H and O–H groups in total. The number of carbonyl (C=O) groups is 1. The number of nitrogens with one attached hydrogen (secondary N) is 1. The molecule has 0 spiro atoms.